The van der Waals surface area contributed by atoms with Gasteiger partial charge in [0.05, 0.1) is 36.8 Å². The molecule has 0 spiro atoms. The van der Waals surface area contributed by atoms with Crippen molar-refractivity contribution in [3.63, 3.8) is 0 Å². The predicted molar refractivity (Wildman–Crippen MR) is 83.5 cm³/mol. The number of nitrogens with two attached hydrogens (primary N) is 1. The molecule has 1 aliphatic rings. The number of hydrogen-bond donors (Lipinski definition) is 2. The van der Waals surface area contributed by atoms with Crippen molar-refractivity contribution in [1.29, 1.82) is 0 Å². The van der Waals surface area contributed by atoms with Gasteiger partial charge in [0.1, 0.15) is 0 Å². The molecule has 1 aromatic rings. The van der Waals surface area contributed by atoms with Crippen LogP contribution in [-0.4, -0.2) is 32.3 Å². The van der Waals surface area contributed by atoms with Gasteiger partial charge in [-0.3, -0.25) is 0 Å². The lowest BCUT2D eigenvalue weighted by atomic mass is 9.98. The molecule has 5 heteroatoms. The third-order valence-corrected chi connectivity index (χ3v) is 3.83. The van der Waals surface area contributed by atoms with E-state index in [1.165, 1.54) is 39.2 Å². The number of esters is 1. The summed E-state index contributed by atoms with van der Waals surface area (Å²) >= 11 is 0. The van der Waals surface area contributed by atoms with Gasteiger partial charge < -0.3 is 20.5 Å². The Bertz CT molecular complexity index is 471. The fraction of sp³-hybridized carbons (Fsp3) is 0.562. The Balaban J connectivity index is 1.81. The summed E-state index contributed by atoms with van der Waals surface area (Å²) in [6.45, 7) is 1.32. The molecule has 1 aliphatic carbocycles. The van der Waals surface area contributed by atoms with Gasteiger partial charge >= 0.3 is 5.97 Å². The molecule has 0 bridgehead atoms. The molecule has 5 nitrogen and oxygen atoms in total. The van der Waals surface area contributed by atoms with Crippen LogP contribution in [0.3, 0.4) is 0 Å². The molecule has 21 heavy (non-hydrogen) atoms. The minimum absolute atomic E-state index is 0.385. The van der Waals surface area contributed by atoms with Gasteiger partial charge in [0, 0.05) is 6.54 Å². The molecular weight excluding hydrogens is 268 g/mol. The first-order valence-corrected chi connectivity index (χ1v) is 7.54. The van der Waals surface area contributed by atoms with E-state index < -0.39 is 5.97 Å². The van der Waals surface area contributed by atoms with Crippen LogP contribution in [0.1, 0.15) is 42.5 Å². The number of methoxy groups -OCH3 is 1. The summed E-state index contributed by atoms with van der Waals surface area (Å²) in [6, 6.07) is 5.29. The van der Waals surface area contributed by atoms with E-state index >= 15 is 0 Å². The molecule has 0 heterocycles. The molecule has 1 fully saturated rings. The minimum atomic E-state index is -0.422. The number of hydrogen-bond acceptors (Lipinski definition) is 5. The second kappa shape index (κ2) is 7.88. The monoisotopic (exact) mass is 292 g/mol. The zero-order chi connectivity index (χ0) is 15.1. The van der Waals surface area contributed by atoms with Crippen LogP contribution in [-0.2, 0) is 9.47 Å². The van der Waals surface area contributed by atoms with E-state index in [0.717, 1.165) is 5.69 Å². The SMILES string of the molecule is COC(=O)c1cccc(NCCOC2CCCCC2)c1N. The first-order valence-electron chi connectivity index (χ1n) is 7.54. The summed E-state index contributed by atoms with van der Waals surface area (Å²) in [7, 11) is 1.35. The third kappa shape index (κ3) is 4.36. The number of ether oxygens (including phenoxy) is 2. The van der Waals surface area contributed by atoms with Crippen molar-refractivity contribution in [1.82, 2.24) is 0 Å². The second-order valence-corrected chi connectivity index (χ2v) is 5.32. The summed E-state index contributed by atoms with van der Waals surface area (Å²) in [5.41, 5.74) is 7.53. The number of anilines is 2. The van der Waals surface area contributed by atoms with E-state index in [0.29, 0.717) is 30.5 Å². The van der Waals surface area contributed by atoms with Crippen LogP contribution in [0, 0.1) is 0 Å². The summed E-state index contributed by atoms with van der Waals surface area (Å²) in [5.74, 6) is -0.422. The van der Waals surface area contributed by atoms with Gasteiger partial charge in [-0.25, -0.2) is 4.79 Å². The van der Waals surface area contributed by atoms with Crippen LogP contribution in [0.4, 0.5) is 11.4 Å². The molecule has 0 saturated heterocycles. The maximum atomic E-state index is 11.6. The van der Waals surface area contributed by atoms with Gasteiger partial charge in [0.15, 0.2) is 0 Å². The second-order valence-electron chi connectivity index (χ2n) is 5.32. The van der Waals surface area contributed by atoms with Gasteiger partial charge in [-0.2, -0.15) is 0 Å². The first-order chi connectivity index (χ1) is 10.2. The van der Waals surface area contributed by atoms with Crippen molar-refractivity contribution in [2.24, 2.45) is 0 Å². The van der Waals surface area contributed by atoms with Crippen molar-refractivity contribution in [2.45, 2.75) is 38.2 Å². The smallest absolute Gasteiger partial charge is 0.340 e. The van der Waals surface area contributed by atoms with Crippen LogP contribution < -0.4 is 11.1 Å². The van der Waals surface area contributed by atoms with Crippen molar-refractivity contribution in [3.05, 3.63) is 23.8 Å². The number of carbonyl (C=O) groups excluding carboxylic acids is 1. The van der Waals surface area contributed by atoms with Gasteiger partial charge in [-0.1, -0.05) is 25.3 Å². The molecule has 0 atom stereocenters. The molecule has 0 aromatic heterocycles. The van der Waals surface area contributed by atoms with Crippen LogP contribution in [0.15, 0.2) is 18.2 Å². The molecule has 116 valence electrons. The van der Waals surface area contributed by atoms with Crippen LogP contribution in [0.5, 0.6) is 0 Å². The molecule has 1 aromatic carbocycles. The molecule has 0 unspecified atom stereocenters. The number of rotatable bonds is 6. The largest absolute Gasteiger partial charge is 0.465 e. The molecule has 3 N–H and O–H groups in total. The number of nitrogen functional groups attached to an aromatic ring is 1. The Morgan fingerprint density at radius 3 is 2.81 bits per heavy atom. The van der Waals surface area contributed by atoms with Crippen LogP contribution in [0.25, 0.3) is 0 Å². The van der Waals surface area contributed by atoms with Crippen LogP contribution >= 0.6 is 0 Å². The third-order valence-electron chi connectivity index (χ3n) is 3.83. The molecule has 0 radical (unpaired) electrons. The molecule has 0 amide bonds. The van der Waals surface area contributed by atoms with E-state index in [2.05, 4.69) is 5.32 Å². The zero-order valence-corrected chi connectivity index (χ0v) is 12.6. The minimum Gasteiger partial charge on any atom is -0.465 e. The average Bonchev–Trinajstić information content (AvgIpc) is 2.53. The Morgan fingerprint density at radius 1 is 1.33 bits per heavy atom. The van der Waals surface area contributed by atoms with Crippen molar-refractivity contribution in [2.75, 3.05) is 31.3 Å². The number of carbonyl (C=O) groups is 1. The highest BCUT2D eigenvalue weighted by Crippen LogP contribution is 2.23. The maximum absolute atomic E-state index is 11.6. The van der Waals surface area contributed by atoms with Crippen LogP contribution in [0.2, 0.25) is 0 Å². The highest BCUT2D eigenvalue weighted by atomic mass is 16.5. The number of para-hydroxylation sites is 1. The summed E-state index contributed by atoms with van der Waals surface area (Å²) in [6.07, 6.45) is 6.60. The standard InChI is InChI=1S/C16H24N2O3/c1-20-16(19)13-8-5-9-14(15(13)17)18-10-11-21-12-6-3-2-4-7-12/h5,8-9,12,18H,2-4,6-7,10-11,17H2,1H3. The Hall–Kier alpha value is -1.75. The van der Waals surface area contributed by atoms with Gasteiger partial charge in [-0.05, 0) is 25.0 Å². The Labute approximate surface area is 125 Å². The summed E-state index contributed by atoms with van der Waals surface area (Å²) in [5, 5.41) is 3.21. The highest BCUT2D eigenvalue weighted by Gasteiger charge is 2.14. The average molecular weight is 292 g/mol. The van der Waals surface area contributed by atoms with Gasteiger partial charge in [0.25, 0.3) is 0 Å². The van der Waals surface area contributed by atoms with Gasteiger partial charge in [0.2, 0.25) is 0 Å². The zero-order valence-electron chi connectivity index (χ0n) is 12.6. The molecule has 2 rings (SSSR count). The fourth-order valence-corrected chi connectivity index (χ4v) is 2.65. The van der Waals surface area contributed by atoms with E-state index in [-0.39, 0.29) is 0 Å². The summed E-state index contributed by atoms with van der Waals surface area (Å²) < 4.78 is 10.6. The van der Waals surface area contributed by atoms with E-state index in [1.54, 1.807) is 12.1 Å². The van der Waals surface area contributed by atoms with Gasteiger partial charge in [-0.15, -0.1) is 0 Å². The lowest BCUT2D eigenvalue weighted by molar-refractivity contribution is 0.0347. The highest BCUT2D eigenvalue weighted by molar-refractivity contribution is 5.98. The van der Waals surface area contributed by atoms with E-state index in [4.69, 9.17) is 15.2 Å². The maximum Gasteiger partial charge on any atom is 0.340 e. The Kier molecular flexibility index (Phi) is 5.87. The number of benzene rings is 1. The predicted octanol–water partition coefficient (Wildman–Crippen LogP) is 2.82. The Morgan fingerprint density at radius 2 is 2.10 bits per heavy atom. The number of nitrogens with one attached hydrogen (secondary N) is 1. The van der Waals surface area contributed by atoms with Crippen molar-refractivity contribution in [3.8, 4) is 0 Å². The normalized spacial score (nSPS) is 15.7. The summed E-state index contributed by atoms with van der Waals surface area (Å²) in [4.78, 5) is 11.6. The quantitative estimate of drug-likeness (QED) is 0.479. The topological polar surface area (TPSA) is 73.6 Å². The molecule has 1 saturated carbocycles. The van der Waals surface area contributed by atoms with Crippen molar-refractivity contribution >= 4 is 17.3 Å². The fourth-order valence-electron chi connectivity index (χ4n) is 2.65. The first kappa shape index (κ1) is 15.6. The van der Waals surface area contributed by atoms with E-state index in [1.807, 2.05) is 6.07 Å². The molecular formula is C16H24N2O3. The molecule has 0 aliphatic heterocycles. The van der Waals surface area contributed by atoms with E-state index in [9.17, 15) is 4.79 Å². The lowest BCUT2D eigenvalue weighted by Gasteiger charge is -2.22. The van der Waals surface area contributed by atoms with Crippen molar-refractivity contribution < 1.29 is 14.3 Å². The lowest BCUT2D eigenvalue weighted by Crippen LogP contribution is -2.21.